The lowest BCUT2D eigenvalue weighted by Crippen LogP contribution is -2.23. The van der Waals surface area contributed by atoms with Gasteiger partial charge in [-0.2, -0.15) is 9.83 Å². The number of pyridine rings is 2. The summed E-state index contributed by atoms with van der Waals surface area (Å²) in [6.07, 6.45) is 8.36. The van der Waals surface area contributed by atoms with Gasteiger partial charge in [0, 0.05) is 46.7 Å². The number of nitrogens with one attached hydrogen (secondary N) is 2. The predicted molar refractivity (Wildman–Crippen MR) is 78.1 cm³/mol. The van der Waals surface area contributed by atoms with Crippen molar-refractivity contribution < 1.29 is 4.73 Å². The number of fused-ring (bicyclic) bond motifs is 1. The van der Waals surface area contributed by atoms with Gasteiger partial charge in [-0.05, 0) is 18.2 Å². The average Bonchev–Trinajstić information content (AvgIpc) is 3.15. The summed E-state index contributed by atoms with van der Waals surface area (Å²) < 4.78 is 0.784. The molecule has 6 heteroatoms. The summed E-state index contributed by atoms with van der Waals surface area (Å²) in [5.74, 6) is 0. The Hall–Kier alpha value is -3.15. The molecule has 2 N–H and O–H groups in total. The van der Waals surface area contributed by atoms with Gasteiger partial charge in [0.25, 0.3) is 0 Å². The zero-order valence-corrected chi connectivity index (χ0v) is 10.9. The molecule has 102 valence electrons. The molecule has 0 spiro atoms. The van der Waals surface area contributed by atoms with E-state index in [4.69, 9.17) is 0 Å². The van der Waals surface area contributed by atoms with Crippen LogP contribution in [0.5, 0.6) is 0 Å². The minimum absolute atomic E-state index is 0.784. The van der Waals surface area contributed by atoms with Gasteiger partial charge in [-0.25, -0.2) is 4.98 Å². The van der Waals surface area contributed by atoms with Crippen LogP contribution < -0.4 is 4.73 Å². The lowest BCUT2D eigenvalue weighted by Gasteiger charge is -2.02. The van der Waals surface area contributed by atoms with Crippen molar-refractivity contribution in [1.29, 1.82) is 0 Å². The second kappa shape index (κ2) is 4.45. The van der Waals surface area contributed by atoms with Crippen molar-refractivity contribution in [3.05, 3.63) is 60.5 Å². The Kier molecular flexibility index (Phi) is 2.47. The van der Waals surface area contributed by atoms with Gasteiger partial charge in [0.15, 0.2) is 12.4 Å². The summed E-state index contributed by atoms with van der Waals surface area (Å²) in [4.78, 5) is 7.56. The third-order valence-corrected chi connectivity index (χ3v) is 3.43. The second-order valence-electron chi connectivity index (χ2n) is 4.75. The SMILES string of the molecule is [O-][n+]1cccc(-c2cnc3[nH]cc(-c4ccn[nH]4)c3c2)c1. The third kappa shape index (κ3) is 1.93. The minimum atomic E-state index is 0.784. The van der Waals surface area contributed by atoms with Crippen molar-refractivity contribution in [2.24, 2.45) is 0 Å². The van der Waals surface area contributed by atoms with Crippen molar-refractivity contribution in [1.82, 2.24) is 20.2 Å². The fraction of sp³-hybridized carbons (Fsp3) is 0. The molecule has 0 saturated carbocycles. The standard InChI is InChI=1S/C15H11N5O/c21-20-5-1-2-10(9-20)11-6-12-13(14-3-4-18-19-14)8-17-15(12)16-7-11/h1-9H,(H,16,17)(H,18,19). The van der Waals surface area contributed by atoms with E-state index in [0.717, 1.165) is 38.1 Å². The van der Waals surface area contributed by atoms with Gasteiger partial charge in [-0.1, -0.05) is 0 Å². The maximum Gasteiger partial charge on any atom is 0.188 e. The normalized spacial score (nSPS) is 11.0. The van der Waals surface area contributed by atoms with Crippen LogP contribution in [-0.4, -0.2) is 20.2 Å². The van der Waals surface area contributed by atoms with Crippen molar-refractivity contribution >= 4 is 11.0 Å². The van der Waals surface area contributed by atoms with Crippen LogP contribution in [0.15, 0.2) is 55.2 Å². The van der Waals surface area contributed by atoms with Gasteiger partial charge in [0.1, 0.15) is 5.65 Å². The van der Waals surface area contributed by atoms with Gasteiger partial charge in [0.05, 0.1) is 5.69 Å². The topological polar surface area (TPSA) is 84.3 Å². The maximum atomic E-state index is 11.4. The number of aromatic amines is 2. The van der Waals surface area contributed by atoms with Gasteiger partial charge < -0.3 is 10.2 Å². The van der Waals surface area contributed by atoms with Crippen LogP contribution in [0.1, 0.15) is 0 Å². The fourth-order valence-electron chi connectivity index (χ4n) is 2.42. The molecule has 0 aliphatic carbocycles. The van der Waals surface area contributed by atoms with Crippen LogP contribution in [0, 0.1) is 5.21 Å². The molecule has 0 unspecified atom stereocenters. The lowest BCUT2D eigenvalue weighted by molar-refractivity contribution is -0.604. The van der Waals surface area contributed by atoms with Gasteiger partial charge in [-0.15, -0.1) is 0 Å². The van der Waals surface area contributed by atoms with Gasteiger partial charge in [0.2, 0.25) is 0 Å². The Bertz CT molecular complexity index is 911. The van der Waals surface area contributed by atoms with Crippen LogP contribution in [0.25, 0.3) is 33.4 Å². The molecule has 0 bridgehead atoms. The Balaban J connectivity index is 1.91. The smallest absolute Gasteiger partial charge is 0.188 e. The van der Waals surface area contributed by atoms with Crippen LogP contribution >= 0.6 is 0 Å². The number of H-pyrrole nitrogens is 2. The predicted octanol–water partition coefficient (Wildman–Crippen LogP) is 2.25. The van der Waals surface area contributed by atoms with E-state index in [9.17, 15) is 5.21 Å². The van der Waals surface area contributed by atoms with E-state index in [1.807, 2.05) is 24.4 Å². The average molecular weight is 277 g/mol. The molecule has 0 aromatic carbocycles. The zero-order chi connectivity index (χ0) is 14.2. The quantitative estimate of drug-likeness (QED) is 0.435. The molecular formula is C15H11N5O. The highest BCUT2D eigenvalue weighted by atomic mass is 16.5. The summed E-state index contributed by atoms with van der Waals surface area (Å²) in [6, 6.07) is 7.53. The second-order valence-corrected chi connectivity index (χ2v) is 4.75. The Morgan fingerprint density at radius 3 is 2.95 bits per heavy atom. The van der Waals surface area contributed by atoms with E-state index in [0.29, 0.717) is 0 Å². The molecule has 4 aromatic rings. The highest BCUT2D eigenvalue weighted by Crippen LogP contribution is 2.29. The number of nitrogens with zero attached hydrogens (tertiary/aromatic N) is 3. The van der Waals surface area contributed by atoms with E-state index in [1.54, 1.807) is 18.5 Å². The highest BCUT2D eigenvalue weighted by Gasteiger charge is 2.10. The Morgan fingerprint density at radius 1 is 1.19 bits per heavy atom. The molecule has 0 amide bonds. The molecular weight excluding hydrogens is 266 g/mol. The minimum Gasteiger partial charge on any atom is -0.619 e. The first-order valence-corrected chi connectivity index (χ1v) is 6.47. The lowest BCUT2D eigenvalue weighted by atomic mass is 10.1. The van der Waals surface area contributed by atoms with Gasteiger partial charge in [-0.3, -0.25) is 5.10 Å². The molecule has 4 rings (SSSR count). The Morgan fingerprint density at radius 2 is 2.14 bits per heavy atom. The molecule has 0 aliphatic rings. The molecule has 0 atom stereocenters. The largest absolute Gasteiger partial charge is 0.619 e. The van der Waals surface area contributed by atoms with Crippen molar-refractivity contribution in [3.8, 4) is 22.4 Å². The van der Waals surface area contributed by atoms with E-state index in [2.05, 4.69) is 20.2 Å². The number of hydrogen-bond acceptors (Lipinski definition) is 3. The van der Waals surface area contributed by atoms with E-state index >= 15 is 0 Å². The molecule has 4 aromatic heterocycles. The summed E-state index contributed by atoms with van der Waals surface area (Å²) in [7, 11) is 0. The van der Waals surface area contributed by atoms with Crippen LogP contribution in [0.2, 0.25) is 0 Å². The summed E-state index contributed by atoms with van der Waals surface area (Å²) in [6.45, 7) is 0. The number of rotatable bonds is 2. The van der Waals surface area contributed by atoms with Crippen molar-refractivity contribution in [3.63, 3.8) is 0 Å². The van der Waals surface area contributed by atoms with Crippen LogP contribution in [0.3, 0.4) is 0 Å². The first-order chi connectivity index (χ1) is 10.3. The maximum absolute atomic E-state index is 11.4. The van der Waals surface area contributed by atoms with E-state index in [1.165, 1.54) is 12.4 Å². The summed E-state index contributed by atoms with van der Waals surface area (Å²) in [5, 5.41) is 19.3. The fourth-order valence-corrected chi connectivity index (χ4v) is 2.42. The highest BCUT2D eigenvalue weighted by molar-refractivity contribution is 5.94. The zero-order valence-electron chi connectivity index (χ0n) is 10.9. The molecule has 0 aliphatic heterocycles. The molecule has 21 heavy (non-hydrogen) atoms. The van der Waals surface area contributed by atoms with Gasteiger partial charge >= 0.3 is 0 Å². The molecule has 0 fully saturated rings. The Labute approximate surface area is 119 Å². The van der Waals surface area contributed by atoms with E-state index < -0.39 is 0 Å². The first kappa shape index (κ1) is 11.7. The van der Waals surface area contributed by atoms with Crippen molar-refractivity contribution in [2.45, 2.75) is 0 Å². The summed E-state index contributed by atoms with van der Waals surface area (Å²) >= 11 is 0. The monoisotopic (exact) mass is 277 g/mol. The summed E-state index contributed by atoms with van der Waals surface area (Å²) in [5.41, 5.74) is 4.45. The van der Waals surface area contributed by atoms with E-state index in [-0.39, 0.29) is 0 Å². The molecule has 4 heterocycles. The first-order valence-electron chi connectivity index (χ1n) is 6.47. The number of aromatic nitrogens is 5. The molecule has 0 radical (unpaired) electrons. The van der Waals surface area contributed by atoms with Crippen molar-refractivity contribution in [2.75, 3.05) is 0 Å². The van der Waals surface area contributed by atoms with Crippen LogP contribution in [-0.2, 0) is 0 Å². The number of hydrogen-bond donors (Lipinski definition) is 2. The molecule has 6 nitrogen and oxygen atoms in total. The third-order valence-electron chi connectivity index (χ3n) is 3.43. The van der Waals surface area contributed by atoms with Crippen LogP contribution in [0.4, 0.5) is 0 Å². The molecule has 0 saturated heterocycles.